The Morgan fingerprint density at radius 3 is 1.18 bits per heavy atom. The molecule has 8 bridgehead atoms. The SMILES string of the molecule is CC(C)c1ccc(-c2cc(F)cc(C34CC5C[C@@](C)(C3)C[C@](C)(C5)C4)c2[O-])c(-c2cccc(-c3cc(C(C)C)ccc3-c3cc(F)cc(C45CC6C[C@@](C)(C4)C[C@](C)(C6)C5)c3[O-])n2)c1.[CH3][Hf+2][CH3]. The van der Waals surface area contributed by atoms with Gasteiger partial charge in [-0.1, -0.05) is 97.2 Å². The fourth-order valence-corrected chi connectivity index (χ4v) is 17.3. The molecule has 0 amide bonds. The van der Waals surface area contributed by atoms with Crippen LogP contribution in [0.25, 0.3) is 44.8 Å². The Bertz CT molecular complexity index is 2560. The number of aromatic nitrogens is 1. The predicted octanol–water partition coefficient (Wildman–Crippen LogP) is 16.1. The van der Waals surface area contributed by atoms with Crippen molar-refractivity contribution in [2.24, 2.45) is 33.5 Å². The van der Waals surface area contributed by atoms with Crippen molar-refractivity contribution < 1.29 is 41.9 Å². The van der Waals surface area contributed by atoms with Gasteiger partial charge in [0.2, 0.25) is 0 Å². The second kappa shape index (κ2) is 16.5. The first-order chi connectivity index (χ1) is 31.6. The van der Waals surface area contributed by atoms with Gasteiger partial charge in [0.25, 0.3) is 0 Å². The standard InChI is InChI=1S/C59H67F2NO2.2CH3.Hf/c1-34(2)38-12-14-42(46-18-40(60)20-48(52(46)63)58-26-36-22-54(5,30-58)28-55(6,23-36)31-58)44(16-38)50-10-9-11-51(62-50)45-17-39(35(3)4)13-15-43(45)47-19-41(61)21-49(53(47)64)59-27-37-24-56(7,32-59)29-57(8,25-37)33-59;;;/h9-21,34-37,63-64H,22-33H2,1-8H3;2*1H3;/q;;;+2/p-2/t36?,37?,54-,55+,56-,57+,58?,59?;;;. The Balaban J connectivity index is 0.00000171. The molecule has 0 spiro atoms. The number of hydrogen-bond donors (Lipinski definition) is 0. The summed E-state index contributed by atoms with van der Waals surface area (Å²) in [6, 6.07) is 24.3. The molecule has 1 aromatic heterocycles. The maximum atomic E-state index is 16.2. The van der Waals surface area contributed by atoms with E-state index in [0.717, 1.165) is 60.8 Å². The van der Waals surface area contributed by atoms with E-state index in [9.17, 15) is 0 Å². The van der Waals surface area contributed by atoms with Gasteiger partial charge in [-0.2, -0.15) is 0 Å². The molecule has 5 aromatic rings. The quantitative estimate of drug-likeness (QED) is 0.146. The molecule has 0 radical (unpaired) electrons. The van der Waals surface area contributed by atoms with Gasteiger partial charge in [-0.05, 0) is 226 Å². The molecule has 8 aliphatic carbocycles. The summed E-state index contributed by atoms with van der Waals surface area (Å²) in [5, 5.41) is 30.2. The van der Waals surface area contributed by atoms with Gasteiger partial charge in [0.1, 0.15) is 11.6 Å². The zero-order valence-electron chi connectivity index (χ0n) is 41.8. The van der Waals surface area contributed by atoms with E-state index in [-0.39, 0.29) is 90.4 Å². The molecule has 0 saturated heterocycles. The number of halogens is 2. The molecule has 8 atom stereocenters. The van der Waals surface area contributed by atoms with Crippen molar-refractivity contribution in [3.8, 4) is 56.3 Å². The Morgan fingerprint density at radius 1 is 0.493 bits per heavy atom. The average molecular weight is 1070 g/mol. The molecule has 0 N–H and O–H groups in total. The first kappa shape index (κ1) is 47.1. The van der Waals surface area contributed by atoms with Gasteiger partial charge >= 0.3 is 32.3 Å². The summed E-state index contributed by atoms with van der Waals surface area (Å²) < 4.78 is 37.1. The van der Waals surface area contributed by atoms with Crippen molar-refractivity contribution in [2.75, 3.05) is 0 Å². The van der Waals surface area contributed by atoms with Crippen LogP contribution < -0.4 is 10.2 Å². The van der Waals surface area contributed by atoms with Gasteiger partial charge in [-0.3, -0.25) is 0 Å². The Kier molecular flexibility index (Phi) is 11.6. The van der Waals surface area contributed by atoms with Crippen LogP contribution in [-0.2, 0) is 33.7 Å². The molecule has 8 aliphatic rings. The van der Waals surface area contributed by atoms with Crippen molar-refractivity contribution in [3.63, 3.8) is 0 Å². The van der Waals surface area contributed by atoms with Crippen LogP contribution in [-0.4, -0.2) is 4.98 Å². The van der Waals surface area contributed by atoms with Gasteiger partial charge in [-0.15, -0.1) is 0 Å². The van der Waals surface area contributed by atoms with E-state index in [1.54, 1.807) is 12.1 Å². The second-order valence-electron chi connectivity index (χ2n) is 25.3. The summed E-state index contributed by atoms with van der Waals surface area (Å²) in [6.07, 6.45) is 12.8. The number of benzene rings is 4. The fourth-order valence-electron chi connectivity index (χ4n) is 17.3. The van der Waals surface area contributed by atoms with Crippen LogP contribution >= 0.6 is 0 Å². The summed E-state index contributed by atoms with van der Waals surface area (Å²) in [6.45, 7) is 18.2. The number of pyridine rings is 1. The molecule has 67 heavy (non-hydrogen) atoms. The number of hydrogen-bond acceptors (Lipinski definition) is 3. The summed E-state index contributed by atoms with van der Waals surface area (Å²) in [7, 11) is 0. The van der Waals surface area contributed by atoms with E-state index in [4.69, 9.17) is 4.98 Å². The Morgan fingerprint density at radius 2 is 0.851 bits per heavy atom. The summed E-state index contributed by atoms with van der Waals surface area (Å²) in [5.41, 5.74) is 8.48. The van der Waals surface area contributed by atoms with Crippen LogP contribution in [0.2, 0.25) is 9.36 Å². The van der Waals surface area contributed by atoms with E-state index in [2.05, 4.69) is 89.0 Å². The third-order valence-corrected chi connectivity index (χ3v) is 17.8. The second-order valence-corrected chi connectivity index (χ2v) is 28.9. The number of nitrogens with zero attached hydrogens (tertiary/aromatic N) is 1. The van der Waals surface area contributed by atoms with Crippen molar-refractivity contribution in [1.82, 2.24) is 4.98 Å². The zero-order chi connectivity index (χ0) is 47.6. The van der Waals surface area contributed by atoms with Crippen LogP contribution in [0.3, 0.4) is 0 Å². The van der Waals surface area contributed by atoms with Gasteiger partial charge in [0.05, 0.1) is 11.4 Å². The Labute approximate surface area is 411 Å². The Hall–Kier alpha value is -3.64. The molecule has 8 fully saturated rings. The van der Waals surface area contributed by atoms with Crippen LogP contribution in [0.4, 0.5) is 8.78 Å². The third-order valence-electron chi connectivity index (χ3n) is 17.8. The van der Waals surface area contributed by atoms with E-state index in [0.29, 0.717) is 56.6 Å². The molecular weight excluding hydrogens is 995 g/mol. The first-order valence-electron chi connectivity index (χ1n) is 25.5. The summed E-state index contributed by atoms with van der Waals surface area (Å²) >= 11 is 0.0833. The van der Waals surface area contributed by atoms with Gasteiger partial charge in [0, 0.05) is 11.1 Å². The van der Waals surface area contributed by atoms with Gasteiger partial charge < -0.3 is 10.2 Å². The molecule has 8 saturated carbocycles. The van der Waals surface area contributed by atoms with Crippen molar-refractivity contribution in [3.05, 3.63) is 113 Å². The normalized spacial score (nSPS) is 32.1. The first-order valence-corrected chi connectivity index (χ1v) is 32.6. The predicted molar refractivity (Wildman–Crippen MR) is 263 cm³/mol. The molecule has 3 nitrogen and oxygen atoms in total. The molecular formula is C61H71F2HfNO2. The van der Waals surface area contributed by atoms with Crippen molar-refractivity contribution in [2.45, 2.75) is 164 Å². The van der Waals surface area contributed by atoms with E-state index in [1.165, 1.54) is 50.7 Å². The van der Waals surface area contributed by atoms with Crippen LogP contribution in [0.1, 0.15) is 167 Å². The zero-order valence-corrected chi connectivity index (χ0v) is 45.4. The molecule has 1 heterocycles. The van der Waals surface area contributed by atoms with Crippen LogP contribution in [0, 0.1) is 45.1 Å². The fraction of sp³-hybridized carbons (Fsp3) is 0.525. The molecule has 4 aromatic carbocycles. The van der Waals surface area contributed by atoms with Crippen LogP contribution in [0.15, 0.2) is 78.9 Å². The topological polar surface area (TPSA) is 59.0 Å². The molecule has 6 heteroatoms. The summed E-state index contributed by atoms with van der Waals surface area (Å²) in [5.74, 6) is 0.649. The van der Waals surface area contributed by atoms with Gasteiger partial charge in [-0.25, -0.2) is 13.8 Å². The molecule has 13 rings (SSSR count). The monoisotopic (exact) mass is 1070 g/mol. The minimum atomic E-state index is -0.369. The van der Waals surface area contributed by atoms with Crippen molar-refractivity contribution >= 4 is 0 Å². The summed E-state index contributed by atoms with van der Waals surface area (Å²) in [4.78, 5) is 5.39. The molecule has 0 aliphatic heterocycles. The van der Waals surface area contributed by atoms with E-state index < -0.39 is 0 Å². The molecule has 4 unspecified atom stereocenters. The minimum absolute atomic E-state index is 0.0657. The van der Waals surface area contributed by atoms with Crippen LogP contribution in [0.5, 0.6) is 11.5 Å². The van der Waals surface area contributed by atoms with E-state index in [1.807, 2.05) is 30.3 Å². The van der Waals surface area contributed by atoms with Crippen molar-refractivity contribution in [1.29, 1.82) is 0 Å². The molecule has 350 valence electrons. The number of rotatable bonds is 8. The third kappa shape index (κ3) is 8.21. The van der Waals surface area contributed by atoms with Gasteiger partial charge in [0.15, 0.2) is 0 Å². The average Bonchev–Trinajstić information content (AvgIpc) is 3.22. The maximum absolute atomic E-state index is 16.2. The van der Waals surface area contributed by atoms with E-state index >= 15 is 19.0 Å².